The lowest BCUT2D eigenvalue weighted by atomic mass is 10.2. The minimum absolute atomic E-state index is 0. The molecule has 0 saturated carbocycles. The average Bonchev–Trinajstić information content (AvgIpc) is 3.06. The second-order valence-corrected chi connectivity index (χ2v) is 7.04. The fraction of sp³-hybridized carbons (Fsp3) is 0.273. The number of benzene rings is 1. The van der Waals surface area contributed by atoms with Crippen LogP contribution in [0, 0.1) is 13.8 Å². The second-order valence-electron chi connectivity index (χ2n) is 3.79. The SMILES string of the molecule is Cc1ccc(S(=O)(=O)Cc2nnc(C)s2)cc1.[2HH].[2H][2H].[2H][2H].[2H][2H].[2H][2H]. The molecule has 0 aliphatic heterocycles. The highest BCUT2D eigenvalue weighted by atomic mass is 32.2. The molecule has 0 atom stereocenters. The number of hydrogen-bond acceptors (Lipinski definition) is 5. The predicted molar refractivity (Wildman–Crippen MR) is 77.3 cm³/mol. The lowest BCUT2D eigenvalue weighted by molar-refractivity contribution is 0.595. The van der Waals surface area contributed by atoms with Crippen LogP contribution in [-0.4, -0.2) is 18.6 Å². The van der Waals surface area contributed by atoms with Crippen LogP contribution in [0.4, 0.5) is 0 Å². The highest BCUT2D eigenvalue weighted by Gasteiger charge is 2.17. The maximum absolute atomic E-state index is 12.1. The van der Waals surface area contributed by atoms with Crippen molar-refractivity contribution >= 4 is 21.2 Å². The molecule has 1 aromatic heterocycles. The molecule has 6 heteroatoms. The third kappa shape index (κ3) is 2.89. The number of hydrogen-bond donors (Lipinski definition) is 0. The summed E-state index contributed by atoms with van der Waals surface area (Å²) in [6.07, 6.45) is 0. The Labute approximate surface area is 118 Å². The van der Waals surface area contributed by atoms with Gasteiger partial charge in [-0.05, 0) is 26.0 Å². The Bertz CT molecular complexity index is 639. The summed E-state index contributed by atoms with van der Waals surface area (Å²) in [6.45, 7) is 3.73. The third-order valence-corrected chi connectivity index (χ3v) is 4.93. The van der Waals surface area contributed by atoms with Gasteiger partial charge in [0.15, 0.2) is 9.84 Å². The van der Waals surface area contributed by atoms with Crippen molar-refractivity contribution in [1.82, 2.24) is 10.2 Å². The zero-order valence-corrected chi connectivity index (χ0v) is 11.2. The van der Waals surface area contributed by atoms with E-state index in [1.165, 1.54) is 11.3 Å². The molecule has 1 aromatic carbocycles. The van der Waals surface area contributed by atoms with Gasteiger partial charge in [0.25, 0.3) is 0 Å². The van der Waals surface area contributed by atoms with E-state index in [0.29, 0.717) is 9.90 Å². The van der Waals surface area contributed by atoms with Crippen LogP contribution in [0.5, 0.6) is 0 Å². The molecule has 17 heavy (non-hydrogen) atoms. The van der Waals surface area contributed by atoms with Crippen molar-refractivity contribution < 1.29 is 21.7 Å². The quantitative estimate of drug-likeness (QED) is 0.868. The van der Waals surface area contributed by atoms with E-state index < -0.39 is 9.84 Å². The number of aryl methyl sites for hydroxylation is 2. The minimum Gasteiger partial charge on any atom is -0.223 e. The normalized spacial score (nSPS) is 13.5. The highest BCUT2D eigenvalue weighted by molar-refractivity contribution is 7.90. The summed E-state index contributed by atoms with van der Waals surface area (Å²) in [4.78, 5) is 0.330. The molecule has 0 aliphatic rings. The van der Waals surface area contributed by atoms with Crippen LogP contribution in [-0.2, 0) is 15.6 Å². The number of sulfone groups is 1. The van der Waals surface area contributed by atoms with Gasteiger partial charge in [-0.25, -0.2) is 8.42 Å². The summed E-state index contributed by atoms with van der Waals surface area (Å²) in [5, 5.41) is 8.95. The molecule has 0 radical (unpaired) electrons. The molecule has 0 bridgehead atoms. The standard InChI is InChI=1S/C11H12N2O2S2.5H2/c1-8-3-5-10(6-4-8)17(14,15)7-11-13-12-9(2)16-11;;;;;/h3-6H,7H2,1-2H3;5*1H/i;4*1+1D;1+1. The van der Waals surface area contributed by atoms with Crippen LogP contribution in [0.3, 0.4) is 0 Å². The summed E-state index contributed by atoms with van der Waals surface area (Å²) in [5.74, 6) is -0.0818. The highest BCUT2D eigenvalue weighted by Crippen LogP contribution is 2.18. The summed E-state index contributed by atoms with van der Waals surface area (Å²) in [6, 6.07) is 6.83. The number of aromatic nitrogens is 2. The Kier molecular flexibility index (Phi) is 2.12. The van der Waals surface area contributed by atoms with Gasteiger partial charge in [-0.2, -0.15) is 0 Å². The lowest BCUT2D eigenvalue weighted by Gasteiger charge is -2.02. The van der Waals surface area contributed by atoms with Crippen molar-refractivity contribution in [2.24, 2.45) is 0 Å². The van der Waals surface area contributed by atoms with Crippen LogP contribution in [0.2, 0.25) is 0 Å². The average molecular weight is 287 g/mol. The van der Waals surface area contributed by atoms with Crippen molar-refractivity contribution in [2.75, 3.05) is 0 Å². The number of rotatable bonds is 3. The first-order chi connectivity index (χ1) is 12.0. The maximum atomic E-state index is 12.1. The first kappa shape index (κ1) is 7.94. The van der Waals surface area contributed by atoms with Gasteiger partial charge in [-0.15, -0.1) is 21.5 Å². The smallest absolute Gasteiger partial charge is 0.184 e. The monoisotopic (exact) mass is 287 g/mol. The largest absolute Gasteiger partial charge is 0.223 e. The molecule has 4 nitrogen and oxygen atoms in total. The molecular formula is C11H22N2O2S2. The third-order valence-electron chi connectivity index (χ3n) is 2.26. The maximum Gasteiger partial charge on any atom is 0.184 e. The summed E-state index contributed by atoms with van der Waals surface area (Å²) < 4.78 is 64.1. The number of nitrogens with zero attached hydrogens (tertiary/aromatic N) is 2. The van der Waals surface area contributed by atoms with E-state index >= 15 is 0 Å². The molecule has 0 spiro atoms. The van der Waals surface area contributed by atoms with E-state index in [0.717, 1.165) is 10.6 Å². The first-order valence-electron chi connectivity index (χ1n) is 9.06. The van der Waals surface area contributed by atoms with Crippen LogP contribution in [0.15, 0.2) is 29.2 Å². The summed E-state index contributed by atoms with van der Waals surface area (Å²) in [7, 11) is -3.31. The zero-order chi connectivity index (χ0) is 20.5. The summed E-state index contributed by atoms with van der Waals surface area (Å²) in [5.41, 5.74) is 1.04. The van der Waals surface area contributed by atoms with Gasteiger partial charge in [-0.3, -0.25) is 0 Å². The lowest BCUT2D eigenvalue weighted by Crippen LogP contribution is -2.04. The molecule has 0 fully saturated rings. The van der Waals surface area contributed by atoms with Crippen molar-refractivity contribution in [1.29, 1.82) is 0 Å². The Balaban J connectivity index is -0.000000238. The predicted octanol–water partition coefficient (Wildman–Crippen LogP) is 3.36. The Morgan fingerprint density at radius 2 is 1.88 bits per heavy atom. The van der Waals surface area contributed by atoms with Gasteiger partial charge in [0, 0.05) is 13.3 Å². The van der Waals surface area contributed by atoms with Crippen molar-refractivity contribution in [3.8, 4) is 0 Å². The van der Waals surface area contributed by atoms with Crippen LogP contribution >= 0.6 is 11.3 Å². The Morgan fingerprint density at radius 1 is 1.24 bits per heavy atom. The fourth-order valence-corrected chi connectivity index (χ4v) is 3.69. The van der Waals surface area contributed by atoms with Crippen LogP contribution < -0.4 is 0 Å². The molecule has 0 aliphatic carbocycles. The van der Waals surface area contributed by atoms with Crippen LogP contribution in [0.1, 0.15) is 28.9 Å². The van der Waals surface area contributed by atoms with Gasteiger partial charge in [-0.1, -0.05) is 17.7 Å². The van der Waals surface area contributed by atoms with E-state index in [9.17, 15) is 8.42 Å². The van der Waals surface area contributed by atoms with E-state index in [-0.39, 0.29) is 7.18 Å². The Hall–Kier alpha value is -1.27. The van der Waals surface area contributed by atoms with Crippen molar-refractivity contribution in [2.45, 2.75) is 24.5 Å². The second kappa shape index (κ2) is 4.54. The van der Waals surface area contributed by atoms with E-state index in [2.05, 4.69) is 10.2 Å². The van der Waals surface area contributed by atoms with Crippen molar-refractivity contribution in [3.63, 3.8) is 0 Å². The summed E-state index contributed by atoms with van der Waals surface area (Å²) >= 11 is 1.31. The zero-order valence-electron chi connectivity index (χ0n) is 17.5. The molecule has 0 N–H and O–H groups in total. The first-order valence-corrected chi connectivity index (χ1v) is 7.53. The Morgan fingerprint density at radius 3 is 2.41 bits per heavy atom. The van der Waals surface area contributed by atoms with E-state index in [4.69, 9.17) is 11.9 Å². The molecule has 2 rings (SSSR count). The molecule has 0 unspecified atom stereocenters. The fourth-order valence-electron chi connectivity index (χ4n) is 1.39. The van der Waals surface area contributed by atoms with Gasteiger partial charge >= 0.3 is 0 Å². The minimum atomic E-state index is -3.31. The molecule has 0 saturated heterocycles. The van der Waals surface area contributed by atoms with Gasteiger partial charge < -0.3 is 0 Å². The van der Waals surface area contributed by atoms with Gasteiger partial charge in [0.1, 0.15) is 15.8 Å². The van der Waals surface area contributed by atoms with E-state index in [1.54, 1.807) is 31.2 Å². The molecular weight excluding hydrogens is 256 g/mol. The topological polar surface area (TPSA) is 59.9 Å². The molecule has 100 valence electrons. The van der Waals surface area contributed by atoms with Crippen molar-refractivity contribution in [3.05, 3.63) is 39.8 Å². The van der Waals surface area contributed by atoms with E-state index in [1.807, 2.05) is 6.92 Å². The molecule has 1 heterocycles. The van der Waals surface area contributed by atoms with Crippen LogP contribution in [0.25, 0.3) is 0 Å². The molecule has 2 aromatic rings. The van der Waals surface area contributed by atoms with Gasteiger partial charge in [0.05, 0.1) is 4.90 Å². The van der Waals surface area contributed by atoms with Gasteiger partial charge in [0.2, 0.25) is 0 Å². The molecule has 0 amide bonds.